The average molecular weight is 320 g/mol. The zero-order valence-electron chi connectivity index (χ0n) is 9.55. The monoisotopic (exact) mass is 319 g/mol. The highest BCUT2D eigenvalue weighted by atomic mass is 35.5. The van der Waals surface area contributed by atoms with Gasteiger partial charge in [0.1, 0.15) is 0 Å². The standard InChI is InChI=1S/C10H7ClF5NO3/c11-2-5-8(9(12)13)4(1-7(18)19)6(3-17-5)20-10(14,15)16/h3,9H,1-2H2,(H,18,19). The molecule has 0 bridgehead atoms. The molecule has 1 aromatic rings. The maximum absolute atomic E-state index is 12.9. The van der Waals surface area contributed by atoms with Crippen LogP contribution in [0.4, 0.5) is 22.0 Å². The van der Waals surface area contributed by atoms with E-state index in [4.69, 9.17) is 16.7 Å². The van der Waals surface area contributed by atoms with E-state index in [9.17, 15) is 26.7 Å². The van der Waals surface area contributed by atoms with E-state index >= 15 is 0 Å². The maximum atomic E-state index is 12.9. The van der Waals surface area contributed by atoms with E-state index in [0.29, 0.717) is 6.20 Å². The van der Waals surface area contributed by atoms with Crippen molar-refractivity contribution in [2.45, 2.75) is 25.1 Å². The van der Waals surface area contributed by atoms with Crippen molar-refractivity contribution < 1.29 is 36.6 Å². The summed E-state index contributed by atoms with van der Waals surface area (Å²) >= 11 is 5.36. The van der Waals surface area contributed by atoms with Crippen molar-refractivity contribution in [3.63, 3.8) is 0 Å². The number of hydrogen-bond acceptors (Lipinski definition) is 3. The number of hydrogen-bond donors (Lipinski definition) is 1. The Balaban J connectivity index is 3.44. The van der Waals surface area contributed by atoms with E-state index < -0.39 is 53.6 Å². The molecule has 10 heteroatoms. The third-order valence-corrected chi connectivity index (χ3v) is 2.42. The van der Waals surface area contributed by atoms with Crippen molar-refractivity contribution in [2.75, 3.05) is 0 Å². The van der Waals surface area contributed by atoms with Gasteiger partial charge in [-0.1, -0.05) is 0 Å². The van der Waals surface area contributed by atoms with Crippen LogP contribution in [0.2, 0.25) is 0 Å². The molecule has 0 aliphatic heterocycles. The zero-order chi connectivity index (χ0) is 15.5. The van der Waals surface area contributed by atoms with Gasteiger partial charge in [-0.3, -0.25) is 9.78 Å². The molecule has 1 N–H and O–H groups in total. The molecule has 1 heterocycles. The lowest BCUT2D eigenvalue weighted by Gasteiger charge is -2.17. The van der Waals surface area contributed by atoms with Gasteiger partial charge in [-0.15, -0.1) is 24.8 Å². The molecule has 0 fully saturated rings. The molecule has 4 nitrogen and oxygen atoms in total. The molecule has 1 rings (SSSR count). The van der Waals surface area contributed by atoms with Gasteiger partial charge in [0, 0.05) is 11.1 Å². The summed E-state index contributed by atoms with van der Waals surface area (Å²) in [7, 11) is 0. The number of aliphatic carboxylic acids is 1. The Kier molecular flexibility index (Phi) is 5.09. The molecule has 0 radical (unpaired) electrons. The van der Waals surface area contributed by atoms with Crippen LogP contribution in [0.25, 0.3) is 0 Å². The molecule has 0 saturated heterocycles. The van der Waals surface area contributed by atoms with Crippen molar-refractivity contribution in [3.05, 3.63) is 23.0 Å². The second-order valence-electron chi connectivity index (χ2n) is 3.51. The Morgan fingerprint density at radius 2 is 2.05 bits per heavy atom. The number of halogens is 6. The Morgan fingerprint density at radius 3 is 2.45 bits per heavy atom. The molecule has 0 aromatic carbocycles. The number of rotatable bonds is 5. The van der Waals surface area contributed by atoms with E-state index in [1.165, 1.54) is 0 Å². The Morgan fingerprint density at radius 1 is 1.45 bits per heavy atom. The number of ether oxygens (including phenoxy) is 1. The van der Waals surface area contributed by atoms with Gasteiger partial charge < -0.3 is 9.84 Å². The van der Waals surface area contributed by atoms with E-state index in [2.05, 4.69) is 9.72 Å². The third-order valence-electron chi connectivity index (χ3n) is 2.17. The van der Waals surface area contributed by atoms with Crippen molar-refractivity contribution >= 4 is 17.6 Å². The smallest absolute Gasteiger partial charge is 0.481 e. The number of nitrogens with zero attached hydrogens (tertiary/aromatic N) is 1. The van der Waals surface area contributed by atoms with E-state index in [0.717, 1.165) is 0 Å². The molecule has 0 amide bonds. The summed E-state index contributed by atoms with van der Waals surface area (Å²) in [6.07, 6.45) is -8.94. The topological polar surface area (TPSA) is 59.4 Å². The molecule has 0 unspecified atom stereocenters. The predicted molar refractivity (Wildman–Crippen MR) is 56.8 cm³/mol. The van der Waals surface area contributed by atoms with E-state index in [1.807, 2.05) is 0 Å². The normalized spacial score (nSPS) is 11.8. The largest absolute Gasteiger partial charge is 0.573 e. The van der Waals surface area contributed by atoms with E-state index in [-0.39, 0.29) is 0 Å². The molecule has 0 aliphatic rings. The minimum Gasteiger partial charge on any atom is -0.481 e. The highest BCUT2D eigenvalue weighted by Crippen LogP contribution is 2.35. The van der Waals surface area contributed by atoms with Crippen LogP contribution >= 0.6 is 11.6 Å². The minimum absolute atomic E-state index is 0.396. The van der Waals surface area contributed by atoms with Gasteiger partial charge in [-0.25, -0.2) is 8.78 Å². The summed E-state index contributed by atoms with van der Waals surface area (Å²) in [6.45, 7) is 0. The SMILES string of the molecule is O=C(O)Cc1c(OC(F)(F)F)cnc(CCl)c1C(F)F. The molecule has 112 valence electrons. The maximum Gasteiger partial charge on any atom is 0.573 e. The summed E-state index contributed by atoms with van der Waals surface area (Å²) < 4.78 is 65.8. The fourth-order valence-corrected chi connectivity index (χ4v) is 1.71. The lowest BCUT2D eigenvalue weighted by molar-refractivity contribution is -0.275. The first-order valence-electron chi connectivity index (χ1n) is 4.98. The van der Waals surface area contributed by atoms with Crippen LogP contribution < -0.4 is 4.74 Å². The lowest BCUT2D eigenvalue weighted by Crippen LogP contribution is -2.20. The van der Waals surface area contributed by atoms with Crippen molar-refractivity contribution in [1.82, 2.24) is 4.98 Å². The quantitative estimate of drug-likeness (QED) is 0.668. The van der Waals surface area contributed by atoms with Gasteiger partial charge in [-0.2, -0.15) is 0 Å². The number of carboxylic acids is 1. The summed E-state index contributed by atoms with van der Waals surface area (Å²) in [6, 6.07) is 0. The predicted octanol–water partition coefficient (Wildman–Crippen LogP) is 3.28. The lowest BCUT2D eigenvalue weighted by atomic mass is 10.0. The average Bonchev–Trinajstić information content (AvgIpc) is 2.28. The Bertz CT molecular complexity index is 506. The van der Waals surface area contributed by atoms with Crippen molar-refractivity contribution in [3.8, 4) is 5.75 Å². The second-order valence-corrected chi connectivity index (χ2v) is 3.78. The first-order chi connectivity index (χ1) is 9.15. The molecule has 0 spiro atoms. The minimum atomic E-state index is -5.16. The number of alkyl halides is 6. The second kappa shape index (κ2) is 6.21. The highest BCUT2D eigenvalue weighted by Gasteiger charge is 2.34. The Labute approximate surface area is 114 Å². The first-order valence-corrected chi connectivity index (χ1v) is 5.51. The van der Waals surface area contributed by atoms with Crippen LogP contribution in [0.15, 0.2) is 6.20 Å². The van der Waals surface area contributed by atoms with Crippen LogP contribution in [-0.2, 0) is 17.1 Å². The number of pyridine rings is 1. The molecular weight excluding hydrogens is 313 g/mol. The van der Waals surface area contributed by atoms with E-state index in [1.54, 1.807) is 0 Å². The van der Waals surface area contributed by atoms with Gasteiger partial charge in [0.15, 0.2) is 5.75 Å². The first kappa shape index (κ1) is 16.4. The zero-order valence-corrected chi connectivity index (χ0v) is 10.3. The van der Waals surface area contributed by atoms with Crippen LogP contribution in [-0.4, -0.2) is 22.4 Å². The van der Waals surface area contributed by atoms with Crippen molar-refractivity contribution in [1.29, 1.82) is 0 Å². The van der Waals surface area contributed by atoms with Crippen LogP contribution in [0.3, 0.4) is 0 Å². The molecule has 1 aromatic heterocycles. The molecule has 0 atom stereocenters. The van der Waals surface area contributed by atoms with Crippen LogP contribution in [0.5, 0.6) is 5.75 Å². The molecule has 0 aliphatic carbocycles. The summed E-state index contributed by atoms with van der Waals surface area (Å²) in [5, 5.41) is 8.62. The van der Waals surface area contributed by atoms with Gasteiger partial charge in [0.2, 0.25) is 0 Å². The highest BCUT2D eigenvalue weighted by molar-refractivity contribution is 6.17. The Hall–Kier alpha value is -1.64. The van der Waals surface area contributed by atoms with Gasteiger partial charge in [0.05, 0.1) is 24.2 Å². The number of aromatic nitrogens is 1. The van der Waals surface area contributed by atoms with Crippen LogP contribution in [0.1, 0.15) is 23.2 Å². The molecular formula is C10H7ClF5NO3. The summed E-state index contributed by atoms with van der Waals surface area (Å²) in [5.74, 6) is -3.17. The molecule has 0 saturated carbocycles. The number of carboxylic acid groups (broad SMARTS) is 1. The fourth-order valence-electron chi connectivity index (χ4n) is 1.50. The summed E-state index contributed by atoms with van der Waals surface area (Å²) in [4.78, 5) is 14.0. The summed E-state index contributed by atoms with van der Waals surface area (Å²) in [5.41, 5.74) is -2.15. The third kappa shape index (κ3) is 4.19. The van der Waals surface area contributed by atoms with Gasteiger partial charge in [-0.05, 0) is 0 Å². The van der Waals surface area contributed by atoms with Crippen LogP contribution in [0, 0.1) is 0 Å². The fraction of sp³-hybridized carbons (Fsp3) is 0.400. The molecule has 20 heavy (non-hydrogen) atoms. The number of carbonyl (C=O) groups is 1. The van der Waals surface area contributed by atoms with Gasteiger partial charge in [0.25, 0.3) is 6.43 Å². The van der Waals surface area contributed by atoms with Gasteiger partial charge >= 0.3 is 12.3 Å². The van der Waals surface area contributed by atoms with Crippen molar-refractivity contribution in [2.24, 2.45) is 0 Å².